The Morgan fingerprint density at radius 3 is 2.82 bits per heavy atom. The third kappa shape index (κ3) is 0.961. The first kappa shape index (κ1) is 6.57. The Balaban J connectivity index is 2.97. The van der Waals surface area contributed by atoms with Gasteiger partial charge in [-0.2, -0.15) is 0 Å². The van der Waals surface area contributed by atoms with Gasteiger partial charge < -0.3 is 0 Å². The second-order valence-electron chi connectivity index (χ2n) is 1.94. The van der Waals surface area contributed by atoms with Crippen molar-refractivity contribution in [3.05, 3.63) is 17.2 Å². The van der Waals surface area contributed by atoms with Crippen molar-refractivity contribution in [1.82, 2.24) is 9.97 Å². The quantitative estimate of drug-likeness (QED) is 0.485. The number of rotatable bonds is 0. The second-order valence-corrected chi connectivity index (χ2v) is 2.70. The molecule has 0 amide bonds. The first-order chi connectivity index (χ1) is 5.27. The molecule has 0 fully saturated rings. The summed E-state index contributed by atoms with van der Waals surface area (Å²) < 4.78 is 0.548. The SMILES string of the molecule is Nc1ncnc2c1=NC(=[Se])N=2. The van der Waals surface area contributed by atoms with Crippen LogP contribution in [0.15, 0.2) is 16.3 Å². The molecule has 0 bridgehead atoms. The number of anilines is 1. The predicted octanol–water partition coefficient (Wildman–Crippen LogP) is -2.43. The van der Waals surface area contributed by atoms with Crippen molar-refractivity contribution in [2.75, 3.05) is 5.73 Å². The van der Waals surface area contributed by atoms with Gasteiger partial charge in [0.2, 0.25) is 0 Å². The number of nitrogens with two attached hydrogens (primary N) is 1. The van der Waals surface area contributed by atoms with E-state index in [0.29, 0.717) is 21.3 Å². The van der Waals surface area contributed by atoms with Crippen molar-refractivity contribution in [2.45, 2.75) is 0 Å². The molecule has 0 saturated heterocycles. The van der Waals surface area contributed by atoms with E-state index >= 15 is 0 Å². The summed E-state index contributed by atoms with van der Waals surface area (Å²) in [4.78, 5) is 15.6. The zero-order valence-electron chi connectivity index (χ0n) is 5.35. The molecule has 1 aliphatic rings. The number of hydrogen-bond acceptors (Lipinski definition) is 5. The van der Waals surface area contributed by atoms with Crippen molar-refractivity contribution in [1.29, 1.82) is 0 Å². The fourth-order valence-electron chi connectivity index (χ4n) is 0.783. The minimum absolute atomic E-state index is 0.365. The molecule has 5 nitrogen and oxygen atoms in total. The zero-order valence-corrected chi connectivity index (χ0v) is 7.06. The predicted molar refractivity (Wildman–Crippen MR) is 39.5 cm³/mol. The number of fused-ring (bicyclic) bond motifs is 1. The number of hydrogen-bond donors (Lipinski definition) is 1. The maximum atomic E-state index is 5.50. The van der Waals surface area contributed by atoms with Gasteiger partial charge in [-0.05, 0) is 0 Å². The summed E-state index contributed by atoms with van der Waals surface area (Å²) in [6.07, 6.45) is 1.37. The van der Waals surface area contributed by atoms with Gasteiger partial charge in [0.05, 0.1) is 0 Å². The van der Waals surface area contributed by atoms with Crippen LogP contribution in [0.5, 0.6) is 0 Å². The molecule has 1 aromatic heterocycles. The van der Waals surface area contributed by atoms with Crippen LogP contribution in [0.25, 0.3) is 0 Å². The summed E-state index contributed by atoms with van der Waals surface area (Å²) in [6, 6.07) is 0. The summed E-state index contributed by atoms with van der Waals surface area (Å²) >= 11 is 2.67. The van der Waals surface area contributed by atoms with E-state index < -0.39 is 0 Å². The van der Waals surface area contributed by atoms with E-state index in [9.17, 15) is 0 Å². The van der Waals surface area contributed by atoms with E-state index in [1.54, 1.807) is 0 Å². The van der Waals surface area contributed by atoms with Gasteiger partial charge in [0, 0.05) is 0 Å². The molecule has 6 heteroatoms. The Bertz CT molecular complexity index is 437. The molecule has 2 rings (SSSR count). The van der Waals surface area contributed by atoms with E-state index in [1.807, 2.05) is 0 Å². The van der Waals surface area contributed by atoms with Crippen LogP contribution in [0.2, 0.25) is 0 Å². The molecule has 11 heavy (non-hydrogen) atoms. The van der Waals surface area contributed by atoms with Crippen LogP contribution in [-0.2, 0) is 0 Å². The van der Waals surface area contributed by atoms with Crippen LogP contribution in [-0.4, -0.2) is 30.2 Å². The summed E-state index contributed by atoms with van der Waals surface area (Å²) in [6.45, 7) is 0. The molecule has 0 aliphatic carbocycles. The van der Waals surface area contributed by atoms with E-state index in [2.05, 4.69) is 35.5 Å². The number of nitrogen functional groups attached to an aromatic ring is 1. The standard InChI is InChI=1S/C5H3N5Se/c6-3-2-4(8-1-7-3)10-5(11)9-2/h1H,(H2,6,7,8,10,11). The monoisotopic (exact) mass is 213 g/mol. The van der Waals surface area contributed by atoms with Gasteiger partial charge in [-0.25, -0.2) is 0 Å². The average molecular weight is 212 g/mol. The molecule has 54 valence electrons. The molecule has 0 aromatic carbocycles. The molecular weight excluding hydrogens is 209 g/mol. The molecule has 0 spiro atoms. The van der Waals surface area contributed by atoms with Gasteiger partial charge >= 0.3 is 68.9 Å². The molecular formula is C5H3N5Se. The van der Waals surface area contributed by atoms with Crippen LogP contribution in [0.3, 0.4) is 0 Å². The Hall–Kier alpha value is -1.13. The topological polar surface area (TPSA) is 76.5 Å². The normalized spacial score (nSPS) is 13.6. The number of aromatic nitrogens is 2. The maximum absolute atomic E-state index is 5.50. The summed E-state index contributed by atoms with van der Waals surface area (Å²) in [5.74, 6) is 0.365. The van der Waals surface area contributed by atoms with Gasteiger partial charge in [-0.3, -0.25) is 0 Å². The molecule has 0 saturated carbocycles. The van der Waals surface area contributed by atoms with Crippen molar-refractivity contribution < 1.29 is 0 Å². The van der Waals surface area contributed by atoms with E-state index in [4.69, 9.17) is 5.73 Å². The third-order valence-electron chi connectivity index (χ3n) is 1.24. The second kappa shape index (κ2) is 2.18. The molecule has 0 atom stereocenters. The Morgan fingerprint density at radius 2 is 2.09 bits per heavy atom. The first-order valence-electron chi connectivity index (χ1n) is 2.85. The Labute approximate surface area is 69.5 Å². The van der Waals surface area contributed by atoms with E-state index in [0.717, 1.165) is 0 Å². The molecule has 0 radical (unpaired) electrons. The summed E-state index contributed by atoms with van der Waals surface area (Å²) in [7, 11) is 0. The van der Waals surface area contributed by atoms with Gasteiger partial charge in [-0.1, -0.05) is 0 Å². The molecule has 1 aromatic rings. The number of nitrogens with zero attached hydrogens (tertiary/aromatic N) is 4. The van der Waals surface area contributed by atoms with Crippen molar-refractivity contribution >= 4 is 26.1 Å². The van der Waals surface area contributed by atoms with Crippen molar-refractivity contribution in [2.24, 2.45) is 9.98 Å². The summed E-state index contributed by atoms with van der Waals surface area (Å²) in [5, 5.41) is 0.557. The Kier molecular flexibility index (Phi) is 1.30. The van der Waals surface area contributed by atoms with Gasteiger partial charge in [-0.15, -0.1) is 0 Å². The zero-order chi connectivity index (χ0) is 7.84. The van der Waals surface area contributed by atoms with Crippen molar-refractivity contribution in [3.63, 3.8) is 0 Å². The van der Waals surface area contributed by atoms with Crippen LogP contribution >= 0.6 is 0 Å². The van der Waals surface area contributed by atoms with Gasteiger partial charge in [0.15, 0.2) is 0 Å². The van der Waals surface area contributed by atoms with Crippen molar-refractivity contribution in [3.8, 4) is 0 Å². The Morgan fingerprint density at radius 1 is 1.27 bits per heavy atom. The fourth-order valence-corrected chi connectivity index (χ4v) is 1.16. The van der Waals surface area contributed by atoms with Crippen LogP contribution in [0.4, 0.5) is 5.82 Å². The average Bonchev–Trinajstić information content (AvgIpc) is 2.31. The molecule has 1 aliphatic heterocycles. The van der Waals surface area contributed by atoms with Crippen LogP contribution in [0, 0.1) is 0 Å². The van der Waals surface area contributed by atoms with E-state index in [1.165, 1.54) is 6.33 Å². The third-order valence-corrected chi connectivity index (χ3v) is 1.62. The van der Waals surface area contributed by atoms with Crippen LogP contribution < -0.4 is 16.6 Å². The molecule has 0 unspecified atom stereocenters. The van der Waals surface area contributed by atoms with Gasteiger partial charge in [0.1, 0.15) is 0 Å². The van der Waals surface area contributed by atoms with Crippen LogP contribution in [0.1, 0.15) is 0 Å². The summed E-state index contributed by atoms with van der Waals surface area (Å²) in [5.41, 5.74) is 6.04. The fraction of sp³-hybridized carbons (Fsp3) is 0. The first-order valence-corrected chi connectivity index (χ1v) is 3.71. The molecule has 2 N–H and O–H groups in total. The minimum atomic E-state index is 0.365. The molecule has 2 heterocycles. The van der Waals surface area contributed by atoms with Gasteiger partial charge in [0.25, 0.3) is 0 Å². The van der Waals surface area contributed by atoms with E-state index in [-0.39, 0.29) is 0 Å².